The van der Waals surface area contributed by atoms with E-state index in [4.69, 9.17) is 21.4 Å². The average Bonchev–Trinajstić information content (AvgIpc) is 2.94. The highest BCUT2D eigenvalue weighted by molar-refractivity contribution is 6.17. The van der Waals surface area contributed by atoms with E-state index in [9.17, 15) is 33.6 Å². The molecule has 0 rings (SSSR count). The largest absolute Gasteiger partial charge is 0.481 e. The van der Waals surface area contributed by atoms with Gasteiger partial charge in [0.1, 0.15) is 5.78 Å². The molecule has 0 heterocycles. The highest BCUT2D eigenvalue weighted by Crippen LogP contribution is 2.15. The molecule has 0 radical (unpaired) electrons. The Morgan fingerprint density at radius 3 is 1.21 bits per heavy atom. The van der Waals surface area contributed by atoms with E-state index in [1.165, 1.54) is 28.1 Å². The lowest BCUT2D eigenvalue weighted by molar-refractivity contribution is -0.173. The summed E-state index contributed by atoms with van der Waals surface area (Å²) < 4.78 is 22.4. The molecular formula is C33H62ClNO13. The van der Waals surface area contributed by atoms with Crippen molar-refractivity contribution >= 4 is 53.2 Å². The van der Waals surface area contributed by atoms with E-state index >= 15 is 0 Å². The van der Waals surface area contributed by atoms with E-state index in [-0.39, 0.29) is 43.5 Å². The summed E-state index contributed by atoms with van der Waals surface area (Å²) in [6.07, 6.45) is -0.360. The Labute approximate surface area is 292 Å². The van der Waals surface area contributed by atoms with Crippen LogP contribution < -0.4 is 0 Å². The van der Waals surface area contributed by atoms with Gasteiger partial charge >= 0.3 is 35.8 Å². The molecule has 1 N–H and O–H groups in total. The lowest BCUT2D eigenvalue weighted by atomic mass is 9.98. The number of rotatable bonds is 12. The number of ether oxygens (including phenoxy) is 5. The maximum atomic E-state index is 11.3. The van der Waals surface area contributed by atoms with Gasteiger partial charge in [-0.2, -0.15) is 0 Å². The van der Waals surface area contributed by atoms with E-state index in [0.29, 0.717) is 12.1 Å². The minimum atomic E-state index is -0.986. The molecule has 0 aromatic carbocycles. The van der Waals surface area contributed by atoms with Gasteiger partial charge in [-0.3, -0.25) is 33.7 Å². The van der Waals surface area contributed by atoms with Crippen LogP contribution in [0.15, 0.2) is 0 Å². The highest BCUT2D eigenvalue weighted by atomic mass is 35.5. The number of carboxylic acid groups (broad SMARTS) is 1. The van der Waals surface area contributed by atoms with Gasteiger partial charge in [-0.1, -0.05) is 18.5 Å². The van der Waals surface area contributed by atoms with Crippen LogP contribution in [-0.4, -0.2) is 97.3 Å². The number of aliphatic carboxylic acids is 1. The topological polar surface area (TPSA) is 189 Å². The Hall–Kier alpha value is -3.26. The summed E-state index contributed by atoms with van der Waals surface area (Å²) in [4.78, 5) is 75.8. The zero-order chi connectivity index (χ0) is 39.3. The summed E-state index contributed by atoms with van der Waals surface area (Å²) >= 11 is 5.16. The summed E-state index contributed by atoms with van der Waals surface area (Å²) in [5.74, 6) is -3.14. The molecule has 0 aliphatic carbocycles. The van der Waals surface area contributed by atoms with Crippen molar-refractivity contribution in [1.82, 2.24) is 4.90 Å². The first-order valence-corrected chi connectivity index (χ1v) is 15.9. The summed E-state index contributed by atoms with van der Waals surface area (Å²) in [6, 6.07) is 1.32. The molecule has 0 fully saturated rings. The second-order valence-electron chi connectivity index (χ2n) is 12.6. The second kappa shape index (κ2) is 31.0. The van der Waals surface area contributed by atoms with Gasteiger partial charge in [0, 0.05) is 12.1 Å². The van der Waals surface area contributed by atoms with E-state index in [2.05, 4.69) is 58.5 Å². The van der Waals surface area contributed by atoms with Gasteiger partial charge in [0.05, 0.1) is 50.7 Å². The quantitative estimate of drug-likeness (QED) is 0.115. The van der Waals surface area contributed by atoms with Crippen molar-refractivity contribution in [2.24, 2.45) is 10.8 Å². The number of alkyl halides is 1. The molecule has 0 aromatic rings. The molecule has 0 aromatic heterocycles. The fourth-order valence-electron chi connectivity index (χ4n) is 2.65. The molecule has 0 unspecified atom stereocenters. The number of halogens is 1. The van der Waals surface area contributed by atoms with Crippen molar-refractivity contribution < 1.29 is 62.4 Å². The van der Waals surface area contributed by atoms with E-state index in [1.54, 1.807) is 41.5 Å². The van der Waals surface area contributed by atoms with Gasteiger partial charge < -0.3 is 33.6 Å². The lowest BCUT2D eigenvalue weighted by Crippen LogP contribution is -2.36. The molecule has 0 spiro atoms. The Kier molecular flexibility index (Phi) is 35.0. The third-order valence-corrected chi connectivity index (χ3v) is 5.15. The molecule has 0 aliphatic heterocycles. The standard InChI is InChI=1S/C11H18O6.C8H19N.C6H11ClO2.C5H8O4.C3H6O/c1-11(2,3)10(14)17-7-16-9(13)6-5-8(12)15-4;1-6-9(7(2)3)8(4)5;1-6(2,3)5(8)9-4-7;1-9-5(8)3-2-4(6)7;1-3(2)4/h5-7H2,1-4H3;7-8H,6H2,1-5H3;4H2,1-3H3;2-3H2,1H3,(H,6,7);1-2H3. The Balaban J connectivity index is -0.000000172. The number of carbonyl (C=O) groups is 7. The third-order valence-electron chi connectivity index (χ3n) is 5.04. The van der Waals surface area contributed by atoms with Gasteiger partial charge in [-0.15, -0.1) is 0 Å². The van der Waals surface area contributed by atoms with Crippen LogP contribution in [0.1, 0.15) is 116 Å². The minimum Gasteiger partial charge on any atom is -0.481 e. The van der Waals surface area contributed by atoms with Crippen LogP contribution in [0.3, 0.4) is 0 Å². The van der Waals surface area contributed by atoms with Gasteiger partial charge in [0.25, 0.3) is 0 Å². The van der Waals surface area contributed by atoms with Crippen LogP contribution in [0.2, 0.25) is 0 Å². The first kappa shape index (κ1) is 54.2. The maximum absolute atomic E-state index is 11.3. The van der Waals surface area contributed by atoms with E-state index in [1.807, 2.05) is 0 Å². The molecule has 0 saturated carbocycles. The smallest absolute Gasteiger partial charge is 0.314 e. The number of methoxy groups -OCH3 is 2. The Morgan fingerprint density at radius 1 is 0.646 bits per heavy atom. The van der Waals surface area contributed by atoms with Crippen molar-refractivity contribution in [2.45, 2.75) is 128 Å². The van der Waals surface area contributed by atoms with Crippen LogP contribution in [0.25, 0.3) is 0 Å². The van der Waals surface area contributed by atoms with Gasteiger partial charge in [0.2, 0.25) is 6.79 Å². The molecule has 48 heavy (non-hydrogen) atoms. The number of hydrogen-bond donors (Lipinski definition) is 1. The number of nitrogens with zero attached hydrogens (tertiary/aromatic N) is 1. The normalized spacial score (nSPS) is 10.2. The molecule has 0 amide bonds. The number of hydrogen-bond acceptors (Lipinski definition) is 13. The molecular weight excluding hydrogens is 654 g/mol. The van der Waals surface area contributed by atoms with Crippen molar-refractivity contribution in [3.63, 3.8) is 0 Å². The fourth-order valence-corrected chi connectivity index (χ4v) is 2.75. The van der Waals surface area contributed by atoms with Crippen LogP contribution in [0.5, 0.6) is 0 Å². The number of ketones is 1. The van der Waals surface area contributed by atoms with Crippen molar-refractivity contribution in [1.29, 1.82) is 0 Å². The molecule has 15 heteroatoms. The molecule has 0 atom stereocenters. The van der Waals surface area contributed by atoms with Crippen LogP contribution in [0.4, 0.5) is 0 Å². The van der Waals surface area contributed by atoms with Crippen molar-refractivity contribution in [2.75, 3.05) is 33.6 Å². The summed E-state index contributed by atoms with van der Waals surface area (Å²) in [5, 5.41) is 8.05. The summed E-state index contributed by atoms with van der Waals surface area (Å²) in [5.41, 5.74) is -1.08. The van der Waals surface area contributed by atoms with Crippen LogP contribution >= 0.6 is 11.6 Å². The SMILES string of the molecule is CC(C)(C)C(=O)OCCl.CC(C)=O.CCN(C(C)C)C(C)C.COC(=O)CCC(=O)O.COC(=O)CCC(=O)OCOC(=O)C(C)(C)C. The Bertz CT molecular complexity index is 925. The van der Waals surface area contributed by atoms with Crippen molar-refractivity contribution in [3.05, 3.63) is 0 Å². The third kappa shape index (κ3) is 42.7. The zero-order valence-electron chi connectivity index (χ0n) is 31.8. The predicted octanol–water partition coefficient (Wildman–Crippen LogP) is 5.55. The number of esters is 5. The van der Waals surface area contributed by atoms with E-state index in [0.717, 1.165) is 6.54 Å². The minimum absolute atomic E-state index is 0.0498. The number of Topliss-reactive ketones (excluding diaryl/α,β-unsaturated/α-hetero) is 1. The lowest BCUT2D eigenvalue weighted by Gasteiger charge is -2.28. The van der Waals surface area contributed by atoms with E-state index < -0.39 is 47.5 Å². The average molecular weight is 716 g/mol. The molecule has 14 nitrogen and oxygen atoms in total. The zero-order valence-corrected chi connectivity index (χ0v) is 32.5. The van der Waals surface area contributed by atoms with Gasteiger partial charge in [-0.05, 0) is 89.6 Å². The summed E-state index contributed by atoms with van der Waals surface area (Å²) in [6.45, 7) is 25.4. The van der Waals surface area contributed by atoms with Crippen LogP contribution in [0, 0.1) is 10.8 Å². The molecule has 284 valence electrons. The Morgan fingerprint density at radius 2 is 0.979 bits per heavy atom. The second-order valence-corrected chi connectivity index (χ2v) is 12.8. The van der Waals surface area contributed by atoms with Crippen LogP contribution in [-0.2, 0) is 57.2 Å². The monoisotopic (exact) mass is 715 g/mol. The molecule has 0 aliphatic rings. The fraction of sp³-hybridized carbons (Fsp3) is 0.788. The van der Waals surface area contributed by atoms with Gasteiger partial charge in [0.15, 0.2) is 6.07 Å². The molecule has 0 saturated heterocycles. The first-order valence-electron chi connectivity index (χ1n) is 15.4. The predicted molar refractivity (Wildman–Crippen MR) is 182 cm³/mol. The molecule has 0 bridgehead atoms. The number of carboxylic acids is 1. The van der Waals surface area contributed by atoms with Gasteiger partial charge in [-0.25, -0.2) is 0 Å². The number of carbonyl (C=O) groups excluding carboxylic acids is 6. The van der Waals surface area contributed by atoms with Crippen molar-refractivity contribution in [3.8, 4) is 0 Å². The summed E-state index contributed by atoms with van der Waals surface area (Å²) in [7, 11) is 2.46. The first-order chi connectivity index (χ1) is 21.7. The highest BCUT2D eigenvalue weighted by Gasteiger charge is 2.23. The maximum Gasteiger partial charge on any atom is 0.314 e.